The summed E-state index contributed by atoms with van der Waals surface area (Å²) in [4.78, 5) is 0. The Morgan fingerprint density at radius 1 is 1.28 bits per heavy atom. The summed E-state index contributed by atoms with van der Waals surface area (Å²) in [6.07, 6.45) is 5.54. The van der Waals surface area contributed by atoms with Gasteiger partial charge in [-0.2, -0.15) is 0 Å². The Kier molecular flexibility index (Phi) is 2.95. The number of benzene rings is 1. The number of aryl methyl sites for hydroxylation is 2. The van der Waals surface area contributed by atoms with E-state index in [1.807, 2.05) is 0 Å². The lowest BCUT2D eigenvalue weighted by molar-refractivity contribution is 0.0636. The van der Waals surface area contributed by atoms with Gasteiger partial charge in [0, 0.05) is 12.0 Å². The van der Waals surface area contributed by atoms with Gasteiger partial charge in [-0.1, -0.05) is 18.2 Å². The van der Waals surface area contributed by atoms with E-state index in [1.165, 1.54) is 29.5 Å². The van der Waals surface area contributed by atoms with Crippen molar-refractivity contribution in [3.63, 3.8) is 0 Å². The fourth-order valence-electron chi connectivity index (χ4n) is 3.68. The fourth-order valence-corrected chi connectivity index (χ4v) is 3.68. The molecule has 2 saturated heterocycles. The van der Waals surface area contributed by atoms with Crippen molar-refractivity contribution in [2.75, 3.05) is 6.54 Å². The van der Waals surface area contributed by atoms with Crippen LogP contribution >= 0.6 is 0 Å². The zero-order valence-corrected chi connectivity index (χ0v) is 11.4. The zero-order chi connectivity index (χ0) is 12.8. The van der Waals surface area contributed by atoms with Crippen LogP contribution < -0.4 is 5.73 Å². The molecule has 2 aliphatic rings. The maximum Gasteiger partial charge on any atom is 0.0652 e. The summed E-state index contributed by atoms with van der Waals surface area (Å²) in [5, 5.41) is 0. The zero-order valence-electron chi connectivity index (χ0n) is 11.4. The highest BCUT2D eigenvalue weighted by Gasteiger charge is 2.51. The number of hydrogen-bond donors (Lipinski definition) is 1. The molecule has 3 atom stereocenters. The van der Waals surface area contributed by atoms with E-state index in [0.29, 0.717) is 12.2 Å². The van der Waals surface area contributed by atoms with Crippen molar-refractivity contribution >= 4 is 0 Å². The molecule has 3 unspecified atom stereocenters. The normalized spacial score (nSPS) is 34.2. The van der Waals surface area contributed by atoms with Crippen LogP contribution in [0.1, 0.15) is 36.0 Å². The largest absolute Gasteiger partial charge is 0.374 e. The van der Waals surface area contributed by atoms with Gasteiger partial charge >= 0.3 is 0 Å². The van der Waals surface area contributed by atoms with Crippen LogP contribution in [0.25, 0.3) is 0 Å². The van der Waals surface area contributed by atoms with E-state index in [-0.39, 0.29) is 5.41 Å². The molecule has 2 heteroatoms. The molecule has 2 fully saturated rings. The van der Waals surface area contributed by atoms with E-state index in [1.54, 1.807) is 0 Å². The van der Waals surface area contributed by atoms with Gasteiger partial charge in [0.25, 0.3) is 0 Å². The molecule has 2 N–H and O–H groups in total. The standard InChI is InChI=1S/C16H23NO/c1-11-3-4-13(7-12(11)2)8-16(10-17)9-14-5-6-15(16)18-14/h3-4,7,14-15H,5-6,8-10,17H2,1-2H3. The van der Waals surface area contributed by atoms with Gasteiger partial charge in [0.15, 0.2) is 0 Å². The Bertz CT molecular complexity index is 456. The molecule has 1 aromatic carbocycles. The third-order valence-electron chi connectivity index (χ3n) is 4.96. The number of ether oxygens (including phenoxy) is 1. The highest BCUT2D eigenvalue weighted by Crippen LogP contribution is 2.49. The molecule has 1 aromatic rings. The van der Waals surface area contributed by atoms with Gasteiger partial charge < -0.3 is 10.5 Å². The molecule has 2 nitrogen and oxygen atoms in total. The van der Waals surface area contributed by atoms with Crippen molar-refractivity contribution in [2.24, 2.45) is 11.1 Å². The predicted octanol–water partition coefficient (Wildman–Crippen LogP) is 2.74. The SMILES string of the molecule is Cc1ccc(CC2(CN)CC3CCC2O3)cc1C. The molecule has 0 saturated carbocycles. The monoisotopic (exact) mass is 245 g/mol. The Morgan fingerprint density at radius 2 is 2.11 bits per heavy atom. The average molecular weight is 245 g/mol. The molecule has 0 amide bonds. The second kappa shape index (κ2) is 4.36. The van der Waals surface area contributed by atoms with Gasteiger partial charge in [0.05, 0.1) is 12.2 Å². The van der Waals surface area contributed by atoms with Crippen LogP contribution in [0.2, 0.25) is 0 Å². The highest BCUT2D eigenvalue weighted by molar-refractivity contribution is 5.31. The molecule has 0 radical (unpaired) electrons. The summed E-state index contributed by atoms with van der Waals surface area (Å²) < 4.78 is 6.03. The molecule has 0 aromatic heterocycles. The first-order valence-electron chi connectivity index (χ1n) is 7.05. The van der Waals surface area contributed by atoms with E-state index in [4.69, 9.17) is 10.5 Å². The van der Waals surface area contributed by atoms with E-state index in [0.717, 1.165) is 19.4 Å². The van der Waals surface area contributed by atoms with Crippen molar-refractivity contribution in [1.29, 1.82) is 0 Å². The molecule has 98 valence electrons. The molecule has 0 spiro atoms. The van der Waals surface area contributed by atoms with Gasteiger partial charge in [-0.05, 0) is 56.2 Å². The molecule has 0 aliphatic carbocycles. The summed E-state index contributed by atoms with van der Waals surface area (Å²) in [5.74, 6) is 0. The second-order valence-corrected chi connectivity index (χ2v) is 6.19. The molecule has 2 bridgehead atoms. The van der Waals surface area contributed by atoms with Gasteiger partial charge in [0.1, 0.15) is 0 Å². The van der Waals surface area contributed by atoms with Gasteiger partial charge in [-0.25, -0.2) is 0 Å². The Hall–Kier alpha value is -0.860. The maximum absolute atomic E-state index is 6.09. The smallest absolute Gasteiger partial charge is 0.0652 e. The lowest BCUT2D eigenvalue weighted by Gasteiger charge is -2.34. The number of rotatable bonds is 3. The lowest BCUT2D eigenvalue weighted by atomic mass is 9.70. The van der Waals surface area contributed by atoms with Crippen LogP contribution in [0, 0.1) is 19.3 Å². The van der Waals surface area contributed by atoms with Crippen LogP contribution in [0.3, 0.4) is 0 Å². The Labute approximate surface area is 110 Å². The van der Waals surface area contributed by atoms with E-state index >= 15 is 0 Å². The van der Waals surface area contributed by atoms with Crippen LogP contribution in [0.15, 0.2) is 18.2 Å². The molecule has 2 heterocycles. The molecular weight excluding hydrogens is 222 g/mol. The minimum atomic E-state index is 0.199. The predicted molar refractivity (Wildman–Crippen MR) is 73.6 cm³/mol. The third-order valence-corrected chi connectivity index (χ3v) is 4.96. The number of hydrogen-bond acceptors (Lipinski definition) is 2. The third kappa shape index (κ3) is 1.88. The van der Waals surface area contributed by atoms with Crippen molar-refractivity contribution < 1.29 is 4.74 Å². The minimum absolute atomic E-state index is 0.199. The topological polar surface area (TPSA) is 35.2 Å². The van der Waals surface area contributed by atoms with E-state index in [2.05, 4.69) is 32.0 Å². The summed E-state index contributed by atoms with van der Waals surface area (Å²) in [7, 11) is 0. The molecule has 18 heavy (non-hydrogen) atoms. The van der Waals surface area contributed by atoms with Crippen molar-refractivity contribution in [3.8, 4) is 0 Å². The maximum atomic E-state index is 6.09. The first-order chi connectivity index (χ1) is 8.63. The average Bonchev–Trinajstić information content (AvgIpc) is 2.94. The van der Waals surface area contributed by atoms with Gasteiger partial charge in [-0.15, -0.1) is 0 Å². The molecular formula is C16H23NO. The first kappa shape index (κ1) is 12.2. The first-order valence-corrected chi connectivity index (χ1v) is 7.05. The summed E-state index contributed by atoms with van der Waals surface area (Å²) in [5.41, 5.74) is 10.5. The van der Waals surface area contributed by atoms with E-state index < -0.39 is 0 Å². The number of fused-ring (bicyclic) bond motifs is 2. The Morgan fingerprint density at radius 3 is 2.67 bits per heavy atom. The van der Waals surface area contributed by atoms with E-state index in [9.17, 15) is 0 Å². The second-order valence-electron chi connectivity index (χ2n) is 6.19. The quantitative estimate of drug-likeness (QED) is 0.888. The minimum Gasteiger partial charge on any atom is -0.374 e. The van der Waals surface area contributed by atoms with Crippen molar-refractivity contribution in [2.45, 2.75) is 51.7 Å². The van der Waals surface area contributed by atoms with Crippen LogP contribution in [0.4, 0.5) is 0 Å². The highest BCUT2D eigenvalue weighted by atomic mass is 16.5. The van der Waals surface area contributed by atoms with Crippen molar-refractivity contribution in [1.82, 2.24) is 0 Å². The van der Waals surface area contributed by atoms with Gasteiger partial charge in [-0.3, -0.25) is 0 Å². The number of nitrogens with two attached hydrogens (primary N) is 1. The fraction of sp³-hybridized carbons (Fsp3) is 0.625. The van der Waals surface area contributed by atoms with Crippen molar-refractivity contribution in [3.05, 3.63) is 34.9 Å². The molecule has 2 aliphatic heterocycles. The Balaban J connectivity index is 1.84. The van der Waals surface area contributed by atoms with Crippen LogP contribution in [-0.4, -0.2) is 18.8 Å². The lowest BCUT2D eigenvalue weighted by Crippen LogP contribution is -2.41. The van der Waals surface area contributed by atoms with Gasteiger partial charge in [0.2, 0.25) is 0 Å². The molecule has 3 rings (SSSR count). The summed E-state index contributed by atoms with van der Waals surface area (Å²) in [6.45, 7) is 5.10. The summed E-state index contributed by atoms with van der Waals surface area (Å²) >= 11 is 0. The summed E-state index contributed by atoms with van der Waals surface area (Å²) in [6, 6.07) is 6.80. The van der Waals surface area contributed by atoms with Crippen LogP contribution in [0.5, 0.6) is 0 Å². The van der Waals surface area contributed by atoms with Crippen LogP contribution in [-0.2, 0) is 11.2 Å².